The van der Waals surface area contributed by atoms with Crippen LogP contribution >= 0.6 is 0 Å². The fourth-order valence-electron chi connectivity index (χ4n) is 3.28. The second-order valence-corrected chi connectivity index (χ2v) is 5.48. The van der Waals surface area contributed by atoms with Crippen molar-refractivity contribution in [1.82, 2.24) is 14.5 Å². The number of imidazole rings is 1. The molecule has 3 rings (SSSR count). The van der Waals surface area contributed by atoms with Crippen molar-refractivity contribution >= 4 is 11.8 Å². The Hall–Kier alpha value is -1.65. The van der Waals surface area contributed by atoms with Crippen LogP contribution < -0.4 is 0 Å². The maximum absolute atomic E-state index is 12.2. The highest BCUT2D eigenvalue weighted by Crippen LogP contribution is 2.37. The lowest BCUT2D eigenvalue weighted by molar-refractivity contribution is -0.140. The first-order valence-corrected chi connectivity index (χ1v) is 7.08. The molecule has 5 heteroatoms. The van der Waals surface area contributed by atoms with E-state index in [-0.39, 0.29) is 23.7 Å². The molecule has 2 atom stereocenters. The zero-order valence-electron chi connectivity index (χ0n) is 11.0. The van der Waals surface area contributed by atoms with Crippen LogP contribution in [0.4, 0.5) is 0 Å². The van der Waals surface area contributed by atoms with Crippen molar-refractivity contribution in [2.45, 2.75) is 38.6 Å². The molecule has 2 aliphatic rings. The van der Waals surface area contributed by atoms with Gasteiger partial charge >= 0.3 is 0 Å². The molecule has 102 valence electrons. The van der Waals surface area contributed by atoms with E-state index in [1.165, 1.54) is 4.90 Å². The van der Waals surface area contributed by atoms with E-state index >= 15 is 0 Å². The molecule has 2 fully saturated rings. The molecule has 1 aliphatic heterocycles. The van der Waals surface area contributed by atoms with E-state index in [1.807, 2.05) is 10.8 Å². The van der Waals surface area contributed by atoms with Crippen molar-refractivity contribution < 1.29 is 9.59 Å². The van der Waals surface area contributed by atoms with Crippen molar-refractivity contribution in [2.75, 3.05) is 6.54 Å². The fourth-order valence-corrected chi connectivity index (χ4v) is 3.28. The summed E-state index contributed by atoms with van der Waals surface area (Å²) in [6.45, 7) is 1.34. The molecule has 0 spiro atoms. The number of imide groups is 1. The Balaban J connectivity index is 1.58. The highest BCUT2D eigenvalue weighted by Gasteiger charge is 2.47. The van der Waals surface area contributed by atoms with Crippen molar-refractivity contribution in [3.63, 3.8) is 0 Å². The van der Waals surface area contributed by atoms with Crippen LogP contribution in [0.25, 0.3) is 0 Å². The molecule has 5 nitrogen and oxygen atoms in total. The van der Waals surface area contributed by atoms with Crippen LogP contribution in [0.15, 0.2) is 18.7 Å². The number of likely N-dealkylation sites (tertiary alicyclic amines) is 1. The average Bonchev–Trinajstić information content (AvgIpc) is 3.02. The Labute approximate surface area is 112 Å². The zero-order chi connectivity index (χ0) is 13.2. The van der Waals surface area contributed by atoms with Gasteiger partial charge in [-0.25, -0.2) is 4.98 Å². The van der Waals surface area contributed by atoms with E-state index in [9.17, 15) is 9.59 Å². The second-order valence-electron chi connectivity index (χ2n) is 5.48. The normalized spacial score (nSPS) is 26.8. The minimum Gasteiger partial charge on any atom is -0.337 e. The van der Waals surface area contributed by atoms with Gasteiger partial charge in [0.05, 0.1) is 18.2 Å². The van der Waals surface area contributed by atoms with Crippen LogP contribution in [-0.4, -0.2) is 32.8 Å². The molecule has 0 bridgehead atoms. The van der Waals surface area contributed by atoms with Crippen LogP contribution in [-0.2, 0) is 16.1 Å². The number of nitrogens with zero attached hydrogens (tertiary/aromatic N) is 3. The zero-order valence-corrected chi connectivity index (χ0v) is 11.0. The molecule has 0 N–H and O–H groups in total. The Morgan fingerprint density at radius 1 is 1.11 bits per heavy atom. The van der Waals surface area contributed by atoms with Crippen molar-refractivity contribution in [3.8, 4) is 0 Å². The summed E-state index contributed by atoms with van der Waals surface area (Å²) in [7, 11) is 0. The summed E-state index contributed by atoms with van der Waals surface area (Å²) in [5.74, 6) is 0.102. The number of carbonyl (C=O) groups is 2. The number of aromatic nitrogens is 2. The van der Waals surface area contributed by atoms with E-state index in [2.05, 4.69) is 4.98 Å². The standard InChI is InChI=1S/C14H19N3O2/c18-13-11-4-1-2-5-12(11)14(19)17(13)8-3-7-16-9-6-15-10-16/h6,9-12H,1-5,7-8H2/t11-,12-/m1/s1. The number of fused-ring (bicyclic) bond motifs is 1. The van der Waals surface area contributed by atoms with Gasteiger partial charge in [-0.2, -0.15) is 0 Å². The van der Waals surface area contributed by atoms with Crippen LogP contribution in [0.5, 0.6) is 0 Å². The largest absolute Gasteiger partial charge is 0.337 e. The quantitative estimate of drug-likeness (QED) is 0.771. The van der Waals surface area contributed by atoms with Gasteiger partial charge in [-0.3, -0.25) is 14.5 Å². The molecule has 19 heavy (non-hydrogen) atoms. The third kappa shape index (κ3) is 2.29. The lowest BCUT2D eigenvalue weighted by Crippen LogP contribution is -2.32. The highest BCUT2D eigenvalue weighted by molar-refractivity contribution is 6.05. The first-order valence-electron chi connectivity index (χ1n) is 7.08. The van der Waals surface area contributed by atoms with Gasteiger partial charge < -0.3 is 4.57 Å². The summed E-state index contributed by atoms with van der Waals surface area (Å²) in [5.41, 5.74) is 0. The minimum absolute atomic E-state index is 0.0190. The molecule has 1 aromatic heterocycles. The Kier molecular flexibility index (Phi) is 3.36. The van der Waals surface area contributed by atoms with Gasteiger partial charge in [0.1, 0.15) is 0 Å². The average molecular weight is 261 g/mol. The first-order chi connectivity index (χ1) is 9.27. The topological polar surface area (TPSA) is 55.2 Å². The van der Waals surface area contributed by atoms with E-state index in [1.54, 1.807) is 12.5 Å². The monoisotopic (exact) mass is 261 g/mol. The van der Waals surface area contributed by atoms with E-state index < -0.39 is 0 Å². The number of hydrogen-bond donors (Lipinski definition) is 0. The predicted molar refractivity (Wildman–Crippen MR) is 69.0 cm³/mol. The predicted octanol–water partition coefficient (Wildman–Crippen LogP) is 1.45. The molecular weight excluding hydrogens is 242 g/mol. The summed E-state index contributed by atoms with van der Waals surface area (Å²) >= 11 is 0. The SMILES string of the molecule is O=C1[C@@H]2CCCC[C@H]2C(=O)N1CCCn1ccnc1. The molecule has 0 unspecified atom stereocenters. The maximum Gasteiger partial charge on any atom is 0.233 e. The number of aryl methyl sites for hydroxylation is 1. The highest BCUT2D eigenvalue weighted by atomic mass is 16.2. The van der Waals surface area contributed by atoms with Gasteiger partial charge in [0, 0.05) is 25.5 Å². The summed E-state index contributed by atoms with van der Waals surface area (Å²) in [5, 5.41) is 0. The second kappa shape index (κ2) is 5.15. The molecule has 2 amide bonds. The van der Waals surface area contributed by atoms with E-state index in [0.717, 1.165) is 38.6 Å². The molecule has 1 aliphatic carbocycles. The van der Waals surface area contributed by atoms with Crippen LogP contribution in [0.2, 0.25) is 0 Å². The lowest BCUT2D eigenvalue weighted by Gasteiger charge is -2.19. The van der Waals surface area contributed by atoms with E-state index in [4.69, 9.17) is 0 Å². The maximum atomic E-state index is 12.2. The number of rotatable bonds is 4. The van der Waals surface area contributed by atoms with Gasteiger partial charge in [0.25, 0.3) is 0 Å². The van der Waals surface area contributed by atoms with Crippen molar-refractivity contribution in [2.24, 2.45) is 11.8 Å². The van der Waals surface area contributed by atoms with Gasteiger partial charge in [-0.05, 0) is 19.3 Å². The Morgan fingerprint density at radius 2 is 1.79 bits per heavy atom. The molecular formula is C14H19N3O2. The van der Waals surface area contributed by atoms with E-state index in [0.29, 0.717) is 6.54 Å². The number of carbonyl (C=O) groups excluding carboxylic acids is 2. The summed E-state index contributed by atoms with van der Waals surface area (Å²) in [6.07, 6.45) is 10.2. The third-order valence-electron chi connectivity index (χ3n) is 4.29. The van der Waals surface area contributed by atoms with Crippen LogP contribution in [0, 0.1) is 11.8 Å². The summed E-state index contributed by atoms with van der Waals surface area (Å²) in [4.78, 5) is 29.9. The van der Waals surface area contributed by atoms with Crippen LogP contribution in [0.3, 0.4) is 0 Å². The smallest absolute Gasteiger partial charge is 0.233 e. The van der Waals surface area contributed by atoms with Gasteiger partial charge in [0.2, 0.25) is 11.8 Å². The lowest BCUT2D eigenvalue weighted by atomic mass is 9.81. The molecule has 2 heterocycles. The molecule has 1 saturated carbocycles. The molecule has 1 aromatic rings. The third-order valence-corrected chi connectivity index (χ3v) is 4.29. The van der Waals surface area contributed by atoms with Crippen LogP contribution in [0.1, 0.15) is 32.1 Å². The fraction of sp³-hybridized carbons (Fsp3) is 0.643. The molecule has 0 aromatic carbocycles. The summed E-state index contributed by atoms with van der Waals surface area (Å²) in [6, 6.07) is 0. The number of hydrogen-bond acceptors (Lipinski definition) is 3. The first kappa shape index (κ1) is 12.4. The minimum atomic E-state index is -0.0190. The molecule has 1 saturated heterocycles. The van der Waals surface area contributed by atoms with Gasteiger partial charge in [0.15, 0.2) is 0 Å². The van der Waals surface area contributed by atoms with Crippen molar-refractivity contribution in [1.29, 1.82) is 0 Å². The number of amides is 2. The molecule has 0 radical (unpaired) electrons. The van der Waals surface area contributed by atoms with Gasteiger partial charge in [-0.1, -0.05) is 12.8 Å². The Morgan fingerprint density at radius 3 is 2.37 bits per heavy atom. The Bertz CT molecular complexity index is 445. The van der Waals surface area contributed by atoms with Crippen molar-refractivity contribution in [3.05, 3.63) is 18.7 Å². The summed E-state index contributed by atoms with van der Waals surface area (Å²) < 4.78 is 1.97. The van der Waals surface area contributed by atoms with Gasteiger partial charge in [-0.15, -0.1) is 0 Å².